The van der Waals surface area contributed by atoms with Crippen LogP contribution in [-0.4, -0.2) is 77.6 Å². The van der Waals surface area contributed by atoms with Crippen LogP contribution >= 0.6 is 23.2 Å². The molecular weight excluding hydrogens is 505 g/mol. The molecule has 2 fully saturated rings. The standard InChI is InChI=1S/C25H31Cl2N5O4/c1-3-19-16-30(24-22(27)14-21(15-28-24)32(34)35)12-13-31(19)20-8-10-29(11-9-20)23(25(33)36-2)17-4-6-18(26)7-5-17/h4-7,14-15,19-20,23H,3,8-13,16H2,1-2H3/t19-,23-/m0/s1. The molecule has 36 heavy (non-hydrogen) atoms. The Labute approximate surface area is 221 Å². The third-order valence-electron chi connectivity index (χ3n) is 7.26. The Balaban J connectivity index is 1.41. The first kappa shape index (κ1) is 26.6. The highest BCUT2D eigenvalue weighted by Gasteiger charge is 2.37. The summed E-state index contributed by atoms with van der Waals surface area (Å²) in [5.74, 6) is 0.336. The highest BCUT2D eigenvalue weighted by atomic mass is 35.5. The molecule has 2 saturated heterocycles. The molecule has 2 aromatic rings. The lowest BCUT2D eigenvalue weighted by Crippen LogP contribution is -2.58. The fourth-order valence-corrected chi connectivity index (χ4v) is 5.79. The quantitative estimate of drug-likeness (QED) is 0.289. The molecule has 0 N–H and O–H groups in total. The lowest BCUT2D eigenvalue weighted by atomic mass is 9.95. The molecule has 194 valence electrons. The molecule has 2 aliphatic rings. The highest BCUT2D eigenvalue weighted by molar-refractivity contribution is 6.33. The molecule has 1 aromatic carbocycles. The Hall–Kier alpha value is -2.46. The summed E-state index contributed by atoms with van der Waals surface area (Å²) >= 11 is 12.4. The van der Waals surface area contributed by atoms with Gasteiger partial charge in [-0.1, -0.05) is 42.3 Å². The second-order valence-electron chi connectivity index (χ2n) is 9.25. The summed E-state index contributed by atoms with van der Waals surface area (Å²) in [5, 5.41) is 12.0. The number of rotatable bonds is 7. The molecule has 0 amide bonds. The summed E-state index contributed by atoms with van der Waals surface area (Å²) in [6, 6.07) is 9.04. The number of esters is 1. The number of nitrogens with zero attached hydrogens (tertiary/aromatic N) is 5. The first-order valence-corrected chi connectivity index (χ1v) is 13.0. The highest BCUT2D eigenvalue weighted by Crippen LogP contribution is 2.33. The molecule has 0 unspecified atom stereocenters. The van der Waals surface area contributed by atoms with Crippen molar-refractivity contribution in [1.29, 1.82) is 0 Å². The minimum atomic E-state index is -0.487. The summed E-state index contributed by atoms with van der Waals surface area (Å²) in [7, 11) is 1.43. The lowest BCUT2D eigenvalue weighted by molar-refractivity contribution is -0.385. The van der Waals surface area contributed by atoms with Crippen LogP contribution in [0, 0.1) is 10.1 Å². The summed E-state index contributed by atoms with van der Waals surface area (Å²) in [4.78, 5) is 34.4. The van der Waals surface area contributed by atoms with Crippen molar-refractivity contribution in [1.82, 2.24) is 14.8 Å². The zero-order valence-electron chi connectivity index (χ0n) is 20.5. The van der Waals surface area contributed by atoms with E-state index in [9.17, 15) is 14.9 Å². The van der Waals surface area contributed by atoms with Gasteiger partial charge in [-0.05, 0) is 37.0 Å². The van der Waals surface area contributed by atoms with Gasteiger partial charge in [0.2, 0.25) is 0 Å². The monoisotopic (exact) mass is 535 g/mol. The number of methoxy groups -OCH3 is 1. The van der Waals surface area contributed by atoms with E-state index in [1.165, 1.54) is 19.4 Å². The average molecular weight is 536 g/mol. The van der Waals surface area contributed by atoms with Gasteiger partial charge in [-0.25, -0.2) is 9.78 Å². The predicted octanol–water partition coefficient (Wildman–Crippen LogP) is 4.58. The summed E-state index contributed by atoms with van der Waals surface area (Å²) in [5.41, 5.74) is 0.780. The van der Waals surface area contributed by atoms with Crippen molar-refractivity contribution < 1.29 is 14.5 Å². The van der Waals surface area contributed by atoms with Gasteiger partial charge in [-0.2, -0.15) is 0 Å². The van der Waals surface area contributed by atoms with Crippen LogP contribution in [0.3, 0.4) is 0 Å². The topological polar surface area (TPSA) is 92.0 Å². The van der Waals surface area contributed by atoms with E-state index < -0.39 is 11.0 Å². The van der Waals surface area contributed by atoms with Gasteiger partial charge in [0.25, 0.3) is 5.69 Å². The number of aromatic nitrogens is 1. The second kappa shape index (κ2) is 11.7. The molecule has 1 aromatic heterocycles. The van der Waals surface area contributed by atoms with E-state index in [2.05, 4.69) is 26.6 Å². The maximum Gasteiger partial charge on any atom is 0.327 e. The van der Waals surface area contributed by atoms with Gasteiger partial charge in [0.05, 0.1) is 17.1 Å². The third-order valence-corrected chi connectivity index (χ3v) is 7.79. The van der Waals surface area contributed by atoms with Crippen molar-refractivity contribution in [3.8, 4) is 0 Å². The molecule has 2 atom stereocenters. The van der Waals surface area contributed by atoms with Crippen molar-refractivity contribution in [3.63, 3.8) is 0 Å². The zero-order valence-corrected chi connectivity index (χ0v) is 22.0. The van der Waals surface area contributed by atoms with Crippen LogP contribution in [0.25, 0.3) is 0 Å². The van der Waals surface area contributed by atoms with Gasteiger partial charge in [0.1, 0.15) is 18.1 Å². The minimum absolute atomic E-state index is 0.106. The second-order valence-corrected chi connectivity index (χ2v) is 10.1. The van der Waals surface area contributed by atoms with Crippen LogP contribution < -0.4 is 4.90 Å². The van der Waals surface area contributed by atoms with Crippen LogP contribution in [0.5, 0.6) is 0 Å². The van der Waals surface area contributed by atoms with Crippen LogP contribution in [0.1, 0.15) is 37.8 Å². The average Bonchev–Trinajstić information content (AvgIpc) is 2.89. The Morgan fingerprint density at radius 2 is 1.89 bits per heavy atom. The Kier molecular flexibility index (Phi) is 8.66. The predicted molar refractivity (Wildman–Crippen MR) is 140 cm³/mol. The van der Waals surface area contributed by atoms with Crippen LogP contribution in [0.2, 0.25) is 10.0 Å². The number of pyridine rings is 1. The van der Waals surface area contributed by atoms with E-state index in [1.807, 2.05) is 12.1 Å². The van der Waals surface area contributed by atoms with Crippen LogP contribution in [-0.2, 0) is 9.53 Å². The summed E-state index contributed by atoms with van der Waals surface area (Å²) < 4.78 is 5.13. The first-order chi connectivity index (χ1) is 17.3. The number of carbonyl (C=O) groups excluding carboxylic acids is 1. The van der Waals surface area contributed by atoms with E-state index in [-0.39, 0.29) is 11.7 Å². The smallest absolute Gasteiger partial charge is 0.327 e. The van der Waals surface area contributed by atoms with Crippen molar-refractivity contribution in [2.45, 2.75) is 44.3 Å². The molecule has 0 saturated carbocycles. The molecule has 2 aliphatic heterocycles. The number of hydrogen-bond acceptors (Lipinski definition) is 8. The maximum absolute atomic E-state index is 12.7. The first-order valence-electron chi connectivity index (χ1n) is 12.2. The zero-order chi connectivity index (χ0) is 25.8. The van der Waals surface area contributed by atoms with E-state index >= 15 is 0 Å². The molecule has 0 spiro atoms. The number of nitro groups is 1. The fourth-order valence-electron chi connectivity index (χ4n) is 5.39. The summed E-state index contributed by atoms with van der Waals surface area (Å²) in [6.45, 7) is 6.12. The molecule has 3 heterocycles. The Bertz CT molecular complexity index is 1080. The van der Waals surface area contributed by atoms with Gasteiger partial charge < -0.3 is 9.64 Å². The van der Waals surface area contributed by atoms with Crippen LogP contribution in [0.4, 0.5) is 11.5 Å². The number of halogens is 2. The van der Waals surface area contributed by atoms with Crippen molar-refractivity contribution in [3.05, 3.63) is 62.3 Å². The van der Waals surface area contributed by atoms with Gasteiger partial charge in [0, 0.05) is 55.9 Å². The number of piperazine rings is 1. The number of ether oxygens (including phenoxy) is 1. The Morgan fingerprint density at radius 1 is 1.19 bits per heavy atom. The van der Waals surface area contributed by atoms with Gasteiger partial charge >= 0.3 is 5.97 Å². The lowest BCUT2D eigenvalue weighted by Gasteiger charge is -2.48. The van der Waals surface area contributed by atoms with Gasteiger partial charge in [-0.15, -0.1) is 0 Å². The number of likely N-dealkylation sites (tertiary alicyclic amines) is 1. The normalized spacial score (nSPS) is 20.8. The van der Waals surface area contributed by atoms with E-state index in [0.29, 0.717) is 27.9 Å². The molecule has 9 nitrogen and oxygen atoms in total. The van der Waals surface area contributed by atoms with E-state index in [4.69, 9.17) is 27.9 Å². The fraction of sp³-hybridized carbons (Fsp3) is 0.520. The molecular formula is C25H31Cl2N5O4. The molecule has 11 heteroatoms. The molecule has 0 aliphatic carbocycles. The van der Waals surface area contributed by atoms with Crippen molar-refractivity contribution in [2.75, 3.05) is 44.7 Å². The molecule has 0 bridgehead atoms. The largest absolute Gasteiger partial charge is 0.468 e. The van der Waals surface area contributed by atoms with Gasteiger partial charge in [-0.3, -0.25) is 19.9 Å². The molecule has 4 rings (SSSR count). The number of benzene rings is 1. The SMILES string of the molecule is CC[C@H]1CN(c2ncc([N+](=O)[O-])cc2Cl)CCN1C1CCN([C@H](C(=O)OC)c2ccc(Cl)cc2)CC1. The minimum Gasteiger partial charge on any atom is -0.468 e. The Morgan fingerprint density at radius 3 is 2.47 bits per heavy atom. The number of hydrogen-bond donors (Lipinski definition) is 0. The van der Waals surface area contributed by atoms with Crippen LogP contribution in [0.15, 0.2) is 36.5 Å². The number of anilines is 1. The number of carbonyl (C=O) groups is 1. The summed E-state index contributed by atoms with van der Waals surface area (Å²) in [6.07, 6.45) is 4.14. The van der Waals surface area contributed by atoms with Crippen molar-refractivity contribution >= 4 is 40.7 Å². The number of piperidine rings is 1. The maximum atomic E-state index is 12.7. The third kappa shape index (κ3) is 5.75. The van der Waals surface area contributed by atoms with Crippen molar-refractivity contribution in [2.24, 2.45) is 0 Å². The van der Waals surface area contributed by atoms with Gasteiger partial charge in [0.15, 0.2) is 0 Å². The molecule has 0 radical (unpaired) electrons. The van der Waals surface area contributed by atoms with E-state index in [1.54, 1.807) is 12.1 Å². The van der Waals surface area contributed by atoms with E-state index in [0.717, 1.165) is 57.5 Å².